The van der Waals surface area contributed by atoms with Gasteiger partial charge in [-0.25, -0.2) is 12.7 Å². The largest absolute Gasteiger partial charge is 0.469 e. The van der Waals surface area contributed by atoms with E-state index in [1.807, 2.05) is 6.07 Å². The van der Waals surface area contributed by atoms with Crippen molar-refractivity contribution in [3.8, 4) is 0 Å². The fraction of sp³-hybridized carbons (Fsp3) is 0.643. The molecule has 6 nitrogen and oxygen atoms in total. The van der Waals surface area contributed by atoms with Crippen LogP contribution >= 0.6 is 0 Å². The molecular formula is C14H22N2O4S. The van der Waals surface area contributed by atoms with E-state index in [0.717, 1.165) is 25.0 Å². The van der Waals surface area contributed by atoms with Gasteiger partial charge < -0.3 is 9.73 Å². The molecule has 0 unspecified atom stereocenters. The van der Waals surface area contributed by atoms with Gasteiger partial charge in [-0.05, 0) is 25.0 Å². The number of nitrogens with one attached hydrogen (secondary N) is 1. The molecule has 0 aromatic carbocycles. The number of nitrogens with zero attached hydrogens (tertiary/aromatic N) is 1. The first-order chi connectivity index (χ1) is 10.1. The van der Waals surface area contributed by atoms with Crippen molar-refractivity contribution in [3.63, 3.8) is 0 Å². The van der Waals surface area contributed by atoms with Gasteiger partial charge in [0.2, 0.25) is 15.9 Å². The van der Waals surface area contributed by atoms with Gasteiger partial charge >= 0.3 is 0 Å². The number of carbonyl (C=O) groups excluding carboxylic acids is 1. The zero-order valence-electron chi connectivity index (χ0n) is 12.1. The Morgan fingerprint density at radius 1 is 1.29 bits per heavy atom. The van der Waals surface area contributed by atoms with E-state index < -0.39 is 10.0 Å². The summed E-state index contributed by atoms with van der Waals surface area (Å²) >= 11 is 0. The van der Waals surface area contributed by atoms with Crippen LogP contribution in [0.4, 0.5) is 0 Å². The summed E-state index contributed by atoms with van der Waals surface area (Å²) in [4.78, 5) is 11.6. The van der Waals surface area contributed by atoms with Gasteiger partial charge in [-0.2, -0.15) is 0 Å². The Bertz CT molecular complexity index is 533. The van der Waals surface area contributed by atoms with Crippen LogP contribution in [0.15, 0.2) is 22.8 Å². The summed E-state index contributed by atoms with van der Waals surface area (Å²) < 4.78 is 30.8. The fourth-order valence-electron chi connectivity index (χ4n) is 2.37. The summed E-state index contributed by atoms with van der Waals surface area (Å²) in [6.45, 7) is 1.37. The Morgan fingerprint density at radius 3 is 2.71 bits per heavy atom. The van der Waals surface area contributed by atoms with Crippen LogP contribution in [-0.2, 0) is 21.2 Å². The van der Waals surface area contributed by atoms with Crippen LogP contribution in [0.2, 0.25) is 0 Å². The second-order valence-electron chi connectivity index (χ2n) is 5.21. The minimum atomic E-state index is -3.24. The first kappa shape index (κ1) is 16.0. The van der Waals surface area contributed by atoms with Crippen LogP contribution in [0.25, 0.3) is 0 Å². The third-order valence-corrected chi connectivity index (χ3v) is 5.44. The van der Waals surface area contributed by atoms with Crippen LogP contribution in [0.5, 0.6) is 0 Å². The summed E-state index contributed by atoms with van der Waals surface area (Å²) in [7, 11) is -3.24. The third-order valence-electron chi connectivity index (χ3n) is 3.57. The van der Waals surface area contributed by atoms with E-state index in [4.69, 9.17) is 4.42 Å². The summed E-state index contributed by atoms with van der Waals surface area (Å²) in [6.07, 6.45) is 5.34. The molecule has 2 rings (SSSR count). The van der Waals surface area contributed by atoms with Crippen molar-refractivity contribution < 1.29 is 17.6 Å². The molecule has 21 heavy (non-hydrogen) atoms. The second kappa shape index (κ2) is 7.61. The van der Waals surface area contributed by atoms with E-state index in [-0.39, 0.29) is 18.2 Å². The predicted molar refractivity (Wildman–Crippen MR) is 79.2 cm³/mol. The lowest BCUT2D eigenvalue weighted by Crippen LogP contribution is -2.40. The molecule has 0 radical (unpaired) electrons. The smallest absolute Gasteiger partial charge is 0.220 e. The zero-order valence-corrected chi connectivity index (χ0v) is 12.9. The minimum Gasteiger partial charge on any atom is -0.469 e. The molecule has 1 aromatic rings. The molecule has 1 amide bonds. The molecule has 0 bridgehead atoms. The van der Waals surface area contributed by atoms with Crippen molar-refractivity contribution in [1.82, 2.24) is 9.62 Å². The average molecular weight is 314 g/mol. The van der Waals surface area contributed by atoms with Crippen LogP contribution in [0.3, 0.4) is 0 Å². The van der Waals surface area contributed by atoms with Crippen molar-refractivity contribution in [3.05, 3.63) is 24.2 Å². The van der Waals surface area contributed by atoms with Gasteiger partial charge in [-0.15, -0.1) is 0 Å². The number of carbonyl (C=O) groups is 1. The lowest BCUT2D eigenvalue weighted by molar-refractivity contribution is -0.121. The standard InChI is InChI=1S/C14H22N2O4S/c17-14(7-6-13-5-4-11-20-13)15-8-12-21(18,19)16-9-2-1-3-10-16/h4-5,11H,1-3,6-10,12H2,(H,15,17). The normalized spacial score (nSPS) is 16.8. The molecule has 2 heterocycles. The van der Waals surface area contributed by atoms with Gasteiger partial charge in [0.05, 0.1) is 12.0 Å². The molecule has 118 valence electrons. The molecule has 1 saturated heterocycles. The van der Waals surface area contributed by atoms with E-state index in [9.17, 15) is 13.2 Å². The molecule has 1 N–H and O–H groups in total. The van der Waals surface area contributed by atoms with Gasteiger partial charge in [-0.1, -0.05) is 6.42 Å². The summed E-state index contributed by atoms with van der Waals surface area (Å²) in [5, 5.41) is 2.65. The number of hydrogen-bond acceptors (Lipinski definition) is 4. The highest BCUT2D eigenvalue weighted by molar-refractivity contribution is 7.89. The van der Waals surface area contributed by atoms with Gasteiger partial charge in [0.15, 0.2) is 0 Å². The number of rotatable bonds is 7. The van der Waals surface area contributed by atoms with E-state index in [1.165, 1.54) is 4.31 Å². The van der Waals surface area contributed by atoms with Crippen molar-refractivity contribution in [1.29, 1.82) is 0 Å². The van der Waals surface area contributed by atoms with Crippen molar-refractivity contribution >= 4 is 15.9 Å². The maximum atomic E-state index is 12.1. The molecular weight excluding hydrogens is 292 g/mol. The Hall–Kier alpha value is -1.34. The zero-order chi connectivity index (χ0) is 15.1. The molecule has 0 aliphatic carbocycles. The molecule has 0 atom stereocenters. The number of hydrogen-bond donors (Lipinski definition) is 1. The monoisotopic (exact) mass is 314 g/mol. The summed E-state index contributed by atoms with van der Waals surface area (Å²) in [6, 6.07) is 3.59. The second-order valence-corrected chi connectivity index (χ2v) is 7.29. The number of sulfonamides is 1. The van der Waals surface area contributed by atoms with Crippen LogP contribution in [0.1, 0.15) is 31.4 Å². The first-order valence-corrected chi connectivity index (χ1v) is 8.96. The maximum Gasteiger partial charge on any atom is 0.220 e. The van der Waals surface area contributed by atoms with E-state index in [2.05, 4.69) is 5.32 Å². The number of furan rings is 1. The maximum absolute atomic E-state index is 12.1. The number of piperidine rings is 1. The highest BCUT2D eigenvalue weighted by Crippen LogP contribution is 2.13. The fourth-order valence-corrected chi connectivity index (χ4v) is 3.80. The highest BCUT2D eigenvalue weighted by atomic mass is 32.2. The molecule has 0 spiro atoms. The Morgan fingerprint density at radius 2 is 2.05 bits per heavy atom. The summed E-state index contributed by atoms with van der Waals surface area (Å²) in [5.41, 5.74) is 0. The Balaban J connectivity index is 1.66. The van der Waals surface area contributed by atoms with Gasteiger partial charge in [0.1, 0.15) is 5.76 Å². The van der Waals surface area contributed by atoms with Crippen molar-refractivity contribution in [2.75, 3.05) is 25.4 Å². The molecule has 0 saturated carbocycles. The van der Waals surface area contributed by atoms with E-state index >= 15 is 0 Å². The molecule has 1 aromatic heterocycles. The predicted octanol–water partition coefficient (Wildman–Crippen LogP) is 1.14. The molecule has 1 aliphatic rings. The Labute approximate surface area is 125 Å². The van der Waals surface area contributed by atoms with Crippen molar-refractivity contribution in [2.24, 2.45) is 0 Å². The van der Waals surface area contributed by atoms with Crippen LogP contribution in [-0.4, -0.2) is 44.0 Å². The SMILES string of the molecule is O=C(CCc1ccco1)NCCS(=O)(=O)N1CCCCC1. The lowest BCUT2D eigenvalue weighted by Gasteiger charge is -2.25. The summed E-state index contributed by atoms with van der Waals surface area (Å²) in [5.74, 6) is 0.575. The number of amides is 1. The van der Waals surface area contributed by atoms with E-state index in [0.29, 0.717) is 25.9 Å². The minimum absolute atomic E-state index is 0.0283. The highest BCUT2D eigenvalue weighted by Gasteiger charge is 2.23. The van der Waals surface area contributed by atoms with E-state index in [1.54, 1.807) is 12.3 Å². The topological polar surface area (TPSA) is 79.6 Å². The van der Waals surface area contributed by atoms with Crippen LogP contribution in [0, 0.1) is 0 Å². The quantitative estimate of drug-likeness (QED) is 0.818. The molecule has 1 fully saturated rings. The van der Waals surface area contributed by atoms with Gasteiger partial charge in [-0.3, -0.25) is 4.79 Å². The van der Waals surface area contributed by atoms with Gasteiger partial charge in [0, 0.05) is 32.5 Å². The van der Waals surface area contributed by atoms with Crippen molar-refractivity contribution in [2.45, 2.75) is 32.1 Å². The molecule has 1 aliphatic heterocycles. The lowest BCUT2D eigenvalue weighted by atomic mass is 10.2. The Kier molecular flexibility index (Phi) is 5.81. The average Bonchev–Trinajstić information content (AvgIpc) is 2.99. The van der Waals surface area contributed by atoms with Gasteiger partial charge in [0.25, 0.3) is 0 Å². The van der Waals surface area contributed by atoms with Crippen LogP contribution < -0.4 is 5.32 Å². The first-order valence-electron chi connectivity index (χ1n) is 7.35. The molecule has 7 heteroatoms. The number of aryl methyl sites for hydroxylation is 1. The third kappa shape index (κ3) is 5.17.